The van der Waals surface area contributed by atoms with Gasteiger partial charge in [0.15, 0.2) is 5.96 Å². The summed E-state index contributed by atoms with van der Waals surface area (Å²) >= 11 is 0. The fourth-order valence-corrected chi connectivity index (χ4v) is 2.08. The summed E-state index contributed by atoms with van der Waals surface area (Å²) in [6.45, 7) is 0.936. The van der Waals surface area contributed by atoms with Gasteiger partial charge in [-0.3, -0.25) is 4.99 Å². The number of aliphatic imine (C=N–C) groups is 1. The molecule has 0 amide bonds. The Morgan fingerprint density at radius 2 is 1.86 bits per heavy atom. The van der Waals surface area contributed by atoms with Gasteiger partial charge in [-0.25, -0.2) is 0 Å². The molecule has 3 N–H and O–H groups in total. The third kappa shape index (κ3) is 3.20. The van der Waals surface area contributed by atoms with Crippen molar-refractivity contribution in [2.75, 3.05) is 6.54 Å². The highest BCUT2D eigenvalue weighted by molar-refractivity contribution is 5.78. The van der Waals surface area contributed by atoms with E-state index in [2.05, 4.69) is 10.3 Å². The van der Waals surface area contributed by atoms with Crippen molar-refractivity contribution in [3.05, 3.63) is 0 Å². The maximum Gasteiger partial charge on any atom is 0.188 e. The quantitative estimate of drug-likeness (QED) is 0.531. The Labute approximate surface area is 86.2 Å². The summed E-state index contributed by atoms with van der Waals surface area (Å²) < 4.78 is 0. The molecule has 3 nitrogen and oxygen atoms in total. The van der Waals surface area contributed by atoms with Crippen LogP contribution >= 0.6 is 0 Å². The number of guanidine groups is 1. The molecule has 0 saturated heterocycles. The van der Waals surface area contributed by atoms with Crippen molar-refractivity contribution in [1.29, 1.82) is 0 Å². The topological polar surface area (TPSA) is 50.4 Å². The average Bonchev–Trinajstić information content (AvgIpc) is 3.00. The van der Waals surface area contributed by atoms with E-state index in [1.54, 1.807) is 0 Å². The van der Waals surface area contributed by atoms with Crippen LogP contribution in [0.15, 0.2) is 4.99 Å². The van der Waals surface area contributed by atoms with E-state index in [1.165, 1.54) is 44.9 Å². The molecule has 2 saturated carbocycles. The van der Waals surface area contributed by atoms with E-state index in [0.717, 1.165) is 12.5 Å². The van der Waals surface area contributed by atoms with Crippen LogP contribution in [0, 0.1) is 5.92 Å². The van der Waals surface area contributed by atoms with Crippen LogP contribution in [0.2, 0.25) is 0 Å². The van der Waals surface area contributed by atoms with Gasteiger partial charge in [-0.1, -0.05) is 19.3 Å². The van der Waals surface area contributed by atoms with Crippen molar-refractivity contribution >= 4 is 5.96 Å². The molecule has 0 heterocycles. The van der Waals surface area contributed by atoms with Gasteiger partial charge >= 0.3 is 0 Å². The summed E-state index contributed by atoms with van der Waals surface area (Å²) in [5, 5.41) is 3.22. The number of nitrogens with two attached hydrogens (primary N) is 1. The molecule has 2 aliphatic carbocycles. The van der Waals surface area contributed by atoms with Crippen LogP contribution in [0.1, 0.15) is 44.9 Å². The van der Waals surface area contributed by atoms with Gasteiger partial charge in [-0.05, 0) is 31.6 Å². The Balaban J connectivity index is 1.67. The minimum Gasteiger partial charge on any atom is -0.370 e. The second-order valence-corrected chi connectivity index (χ2v) is 4.65. The number of rotatable bonds is 3. The van der Waals surface area contributed by atoms with Crippen LogP contribution < -0.4 is 11.1 Å². The molecule has 0 aromatic rings. The van der Waals surface area contributed by atoms with Gasteiger partial charge in [-0.2, -0.15) is 0 Å². The number of nitrogens with one attached hydrogen (secondary N) is 1. The third-order valence-electron chi connectivity index (χ3n) is 3.17. The zero-order chi connectivity index (χ0) is 9.80. The zero-order valence-electron chi connectivity index (χ0n) is 8.84. The molecule has 2 rings (SSSR count). The highest BCUT2D eigenvalue weighted by Gasteiger charge is 2.21. The molecule has 0 atom stereocenters. The van der Waals surface area contributed by atoms with Gasteiger partial charge in [0, 0.05) is 12.6 Å². The highest BCUT2D eigenvalue weighted by atomic mass is 15.1. The summed E-state index contributed by atoms with van der Waals surface area (Å²) in [6, 6.07) is 0.630. The Kier molecular flexibility index (Phi) is 3.27. The lowest BCUT2D eigenvalue weighted by Gasteiger charge is -2.19. The molecule has 0 aromatic carbocycles. The standard InChI is InChI=1S/C11H21N3/c12-11(14-10-6-7-10)13-8-9-4-2-1-3-5-9/h9-10H,1-8H2,(H3,12,13,14). The molecule has 80 valence electrons. The largest absolute Gasteiger partial charge is 0.370 e. The Morgan fingerprint density at radius 3 is 2.50 bits per heavy atom. The van der Waals surface area contributed by atoms with Crippen molar-refractivity contribution in [1.82, 2.24) is 5.32 Å². The van der Waals surface area contributed by atoms with Gasteiger partial charge in [-0.15, -0.1) is 0 Å². The van der Waals surface area contributed by atoms with E-state index in [4.69, 9.17) is 5.73 Å². The lowest BCUT2D eigenvalue weighted by atomic mass is 9.89. The molecule has 2 aliphatic rings. The molecular weight excluding hydrogens is 174 g/mol. The van der Waals surface area contributed by atoms with Crippen LogP contribution in [0.4, 0.5) is 0 Å². The number of nitrogens with zero attached hydrogens (tertiary/aromatic N) is 1. The molecule has 3 heteroatoms. The van der Waals surface area contributed by atoms with E-state index in [0.29, 0.717) is 12.0 Å². The van der Waals surface area contributed by atoms with Gasteiger partial charge in [0.2, 0.25) is 0 Å². The van der Waals surface area contributed by atoms with Crippen molar-refractivity contribution in [2.45, 2.75) is 51.0 Å². The summed E-state index contributed by atoms with van der Waals surface area (Å²) in [5.74, 6) is 1.46. The lowest BCUT2D eigenvalue weighted by molar-refractivity contribution is 0.366. The number of hydrogen-bond donors (Lipinski definition) is 2. The van der Waals surface area contributed by atoms with Gasteiger partial charge < -0.3 is 11.1 Å². The first-order valence-corrected chi connectivity index (χ1v) is 5.91. The molecule has 0 radical (unpaired) electrons. The lowest BCUT2D eigenvalue weighted by Crippen LogP contribution is -2.33. The van der Waals surface area contributed by atoms with E-state index in [1.807, 2.05) is 0 Å². The molecule has 14 heavy (non-hydrogen) atoms. The van der Waals surface area contributed by atoms with Crippen molar-refractivity contribution in [3.8, 4) is 0 Å². The molecule has 0 spiro atoms. The Hall–Kier alpha value is -0.730. The first kappa shape index (κ1) is 9.81. The van der Waals surface area contributed by atoms with Crippen LogP contribution in [0.3, 0.4) is 0 Å². The minimum absolute atomic E-state index is 0.630. The monoisotopic (exact) mass is 195 g/mol. The van der Waals surface area contributed by atoms with Gasteiger partial charge in [0.1, 0.15) is 0 Å². The van der Waals surface area contributed by atoms with Gasteiger partial charge in [0.05, 0.1) is 0 Å². The van der Waals surface area contributed by atoms with E-state index in [9.17, 15) is 0 Å². The van der Waals surface area contributed by atoms with Crippen molar-refractivity contribution in [2.24, 2.45) is 16.6 Å². The zero-order valence-corrected chi connectivity index (χ0v) is 8.84. The van der Waals surface area contributed by atoms with Crippen LogP contribution in [0.25, 0.3) is 0 Å². The number of hydrogen-bond acceptors (Lipinski definition) is 1. The predicted octanol–water partition coefficient (Wildman–Crippen LogP) is 1.63. The second kappa shape index (κ2) is 4.67. The fraction of sp³-hybridized carbons (Fsp3) is 0.909. The second-order valence-electron chi connectivity index (χ2n) is 4.65. The molecule has 0 aromatic heterocycles. The Bertz CT molecular complexity index is 203. The summed E-state index contributed by atoms with van der Waals surface area (Å²) in [4.78, 5) is 4.41. The third-order valence-corrected chi connectivity index (χ3v) is 3.17. The SMILES string of the molecule is NC(=NCC1CCCCC1)NC1CC1. The molecule has 0 aliphatic heterocycles. The van der Waals surface area contributed by atoms with Crippen LogP contribution in [0.5, 0.6) is 0 Å². The fourth-order valence-electron chi connectivity index (χ4n) is 2.08. The van der Waals surface area contributed by atoms with Crippen LogP contribution in [-0.2, 0) is 0 Å². The van der Waals surface area contributed by atoms with Crippen molar-refractivity contribution in [3.63, 3.8) is 0 Å². The smallest absolute Gasteiger partial charge is 0.188 e. The minimum atomic E-state index is 0.630. The highest BCUT2D eigenvalue weighted by Crippen LogP contribution is 2.23. The molecular formula is C11H21N3. The molecule has 2 fully saturated rings. The summed E-state index contributed by atoms with van der Waals surface area (Å²) in [6.07, 6.45) is 9.40. The predicted molar refractivity (Wildman–Crippen MR) is 59.2 cm³/mol. The van der Waals surface area contributed by atoms with Gasteiger partial charge in [0.25, 0.3) is 0 Å². The summed E-state index contributed by atoms with van der Waals surface area (Å²) in [7, 11) is 0. The normalized spacial score (nSPS) is 25.0. The average molecular weight is 195 g/mol. The molecule has 0 unspecified atom stereocenters. The van der Waals surface area contributed by atoms with E-state index >= 15 is 0 Å². The molecule has 0 bridgehead atoms. The van der Waals surface area contributed by atoms with E-state index in [-0.39, 0.29) is 0 Å². The summed E-state index contributed by atoms with van der Waals surface area (Å²) in [5.41, 5.74) is 5.77. The first-order valence-electron chi connectivity index (χ1n) is 5.91. The van der Waals surface area contributed by atoms with Crippen LogP contribution in [-0.4, -0.2) is 18.5 Å². The first-order chi connectivity index (χ1) is 6.84. The maximum absolute atomic E-state index is 5.77. The van der Waals surface area contributed by atoms with Crippen molar-refractivity contribution < 1.29 is 0 Å². The maximum atomic E-state index is 5.77. The Morgan fingerprint density at radius 1 is 1.14 bits per heavy atom. The van der Waals surface area contributed by atoms with E-state index < -0.39 is 0 Å².